The molecule has 92 valence electrons. The van der Waals surface area contributed by atoms with E-state index in [0.29, 0.717) is 13.0 Å². The van der Waals surface area contributed by atoms with Crippen molar-refractivity contribution in [3.8, 4) is 5.88 Å². The van der Waals surface area contributed by atoms with Crippen molar-refractivity contribution in [1.82, 2.24) is 9.78 Å². The fourth-order valence-corrected chi connectivity index (χ4v) is 2.11. The van der Waals surface area contributed by atoms with Crippen LogP contribution in [0.15, 0.2) is 0 Å². The second-order valence-electron chi connectivity index (χ2n) is 4.15. The van der Waals surface area contributed by atoms with Gasteiger partial charge in [0, 0.05) is 18.5 Å². The molecule has 2 atom stereocenters. The van der Waals surface area contributed by atoms with Crippen LogP contribution >= 0.6 is 0 Å². The number of ether oxygens (including phenoxy) is 1. The second-order valence-corrected chi connectivity index (χ2v) is 4.15. The van der Waals surface area contributed by atoms with Crippen LogP contribution in [-0.4, -0.2) is 34.6 Å². The standard InChI is InChI=1S/C11H21N3O2/c1-7(15)5-9(6-12)10-8(2)13-14(3)11(10)16-4/h7,9,15H,5-6,12H2,1-4H3. The van der Waals surface area contributed by atoms with Crippen molar-refractivity contribution in [3.05, 3.63) is 11.3 Å². The minimum Gasteiger partial charge on any atom is -0.481 e. The maximum Gasteiger partial charge on any atom is 0.215 e. The summed E-state index contributed by atoms with van der Waals surface area (Å²) in [7, 11) is 3.46. The normalized spacial score (nSPS) is 14.9. The van der Waals surface area contributed by atoms with Gasteiger partial charge in [0.1, 0.15) is 0 Å². The van der Waals surface area contributed by atoms with Gasteiger partial charge in [-0.05, 0) is 26.8 Å². The van der Waals surface area contributed by atoms with E-state index in [4.69, 9.17) is 10.5 Å². The summed E-state index contributed by atoms with van der Waals surface area (Å²) < 4.78 is 7.03. The smallest absolute Gasteiger partial charge is 0.215 e. The Labute approximate surface area is 96.2 Å². The predicted molar refractivity (Wildman–Crippen MR) is 62.6 cm³/mol. The molecular weight excluding hydrogens is 206 g/mol. The van der Waals surface area contributed by atoms with Crippen molar-refractivity contribution < 1.29 is 9.84 Å². The summed E-state index contributed by atoms with van der Waals surface area (Å²) in [6, 6.07) is 0. The van der Waals surface area contributed by atoms with Crippen molar-refractivity contribution >= 4 is 0 Å². The molecule has 1 rings (SSSR count). The molecule has 0 saturated heterocycles. The van der Waals surface area contributed by atoms with Crippen LogP contribution in [0.2, 0.25) is 0 Å². The Morgan fingerprint density at radius 1 is 1.56 bits per heavy atom. The lowest BCUT2D eigenvalue weighted by molar-refractivity contribution is 0.174. The molecule has 0 aliphatic carbocycles. The fraction of sp³-hybridized carbons (Fsp3) is 0.727. The third-order valence-electron chi connectivity index (χ3n) is 2.73. The van der Waals surface area contributed by atoms with Crippen LogP contribution in [0.1, 0.15) is 30.5 Å². The molecule has 0 amide bonds. The van der Waals surface area contributed by atoms with E-state index in [1.165, 1.54) is 0 Å². The number of nitrogens with zero attached hydrogens (tertiary/aromatic N) is 2. The fourth-order valence-electron chi connectivity index (χ4n) is 2.11. The molecule has 0 radical (unpaired) electrons. The third kappa shape index (κ3) is 2.54. The third-order valence-corrected chi connectivity index (χ3v) is 2.73. The Kier molecular flexibility index (Phi) is 4.32. The van der Waals surface area contributed by atoms with Gasteiger partial charge in [0.25, 0.3) is 0 Å². The zero-order valence-corrected chi connectivity index (χ0v) is 10.4. The monoisotopic (exact) mass is 227 g/mol. The largest absolute Gasteiger partial charge is 0.481 e. The maximum atomic E-state index is 9.45. The van der Waals surface area contributed by atoms with E-state index in [2.05, 4.69) is 5.10 Å². The Morgan fingerprint density at radius 2 is 2.19 bits per heavy atom. The van der Waals surface area contributed by atoms with E-state index in [1.54, 1.807) is 18.7 Å². The number of hydrogen-bond acceptors (Lipinski definition) is 4. The van der Waals surface area contributed by atoms with E-state index in [0.717, 1.165) is 17.1 Å². The molecule has 16 heavy (non-hydrogen) atoms. The first-order valence-corrected chi connectivity index (χ1v) is 5.46. The van der Waals surface area contributed by atoms with E-state index >= 15 is 0 Å². The van der Waals surface area contributed by atoms with Crippen LogP contribution < -0.4 is 10.5 Å². The topological polar surface area (TPSA) is 73.3 Å². The van der Waals surface area contributed by atoms with Gasteiger partial charge >= 0.3 is 0 Å². The lowest BCUT2D eigenvalue weighted by atomic mass is 9.93. The molecule has 0 aliphatic heterocycles. The SMILES string of the molecule is COc1c(C(CN)CC(C)O)c(C)nn1C. The lowest BCUT2D eigenvalue weighted by Gasteiger charge is -2.17. The molecule has 0 aromatic carbocycles. The first kappa shape index (κ1) is 13.0. The molecule has 5 heteroatoms. The molecule has 0 bridgehead atoms. The molecule has 1 aromatic rings. The summed E-state index contributed by atoms with van der Waals surface area (Å²) in [6.45, 7) is 4.18. The first-order chi connectivity index (χ1) is 7.51. The van der Waals surface area contributed by atoms with Crippen molar-refractivity contribution in [2.24, 2.45) is 12.8 Å². The van der Waals surface area contributed by atoms with Crippen LogP contribution in [0.3, 0.4) is 0 Å². The molecule has 0 aliphatic rings. The highest BCUT2D eigenvalue weighted by Crippen LogP contribution is 2.31. The zero-order valence-electron chi connectivity index (χ0n) is 10.4. The Balaban J connectivity index is 3.08. The highest BCUT2D eigenvalue weighted by atomic mass is 16.5. The molecule has 1 heterocycles. The molecule has 2 unspecified atom stereocenters. The summed E-state index contributed by atoms with van der Waals surface area (Å²) in [5, 5.41) is 13.8. The van der Waals surface area contributed by atoms with Crippen LogP contribution in [-0.2, 0) is 7.05 Å². The Hall–Kier alpha value is -1.07. The lowest BCUT2D eigenvalue weighted by Crippen LogP contribution is -2.18. The van der Waals surface area contributed by atoms with Crippen molar-refractivity contribution in [1.29, 1.82) is 0 Å². The predicted octanol–water partition coefficient (Wildman–Crippen LogP) is 0.550. The van der Waals surface area contributed by atoms with Gasteiger partial charge in [0.05, 0.1) is 18.9 Å². The van der Waals surface area contributed by atoms with Gasteiger partial charge in [-0.3, -0.25) is 0 Å². The quantitative estimate of drug-likeness (QED) is 0.770. The van der Waals surface area contributed by atoms with Gasteiger partial charge in [-0.15, -0.1) is 0 Å². The van der Waals surface area contributed by atoms with Crippen molar-refractivity contribution in [2.45, 2.75) is 32.3 Å². The molecule has 1 aromatic heterocycles. The van der Waals surface area contributed by atoms with E-state index in [-0.39, 0.29) is 12.0 Å². The van der Waals surface area contributed by atoms with Crippen LogP contribution in [0.4, 0.5) is 0 Å². The highest BCUT2D eigenvalue weighted by molar-refractivity contribution is 5.35. The van der Waals surface area contributed by atoms with Gasteiger partial charge < -0.3 is 15.6 Å². The van der Waals surface area contributed by atoms with Crippen molar-refractivity contribution in [2.75, 3.05) is 13.7 Å². The molecule has 0 saturated carbocycles. The minimum atomic E-state index is -0.377. The number of aryl methyl sites for hydroxylation is 2. The molecule has 3 N–H and O–H groups in total. The number of aliphatic hydroxyl groups is 1. The van der Waals surface area contributed by atoms with E-state index in [1.807, 2.05) is 14.0 Å². The summed E-state index contributed by atoms with van der Waals surface area (Å²) in [4.78, 5) is 0. The van der Waals surface area contributed by atoms with Gasteiger partial charge in [-0.25, -0.2) is 4.68 Å². The molecular formula is C11H21N3O2. The van der Waals surface area contributed by atoms with Gasteiger partial charge in [-0.2, -0.15) is 5.10 Å². The highest BCUT2D eigenvalue weighted by Gasteiger charge is 2.23. The van der Waals surface area contributed by atoms with Crippen LogP contribution in [0, 0.1) is 6.92 Å². The number of rotatable bonds is 5. The number of aromatic nitrogens is 2. The summed E-state index contributed by atoms with van der Waals surface area (Å²) in [5.74, 6) is 0.817. The zero-order chi connectivity index (χ0) is 12.3. The average Bonchev–Trinajstić information content (AvgIpc) is 2.49. The van der Waals surface area contributed by atoms with Crippen LogP contribution in [0.25, 0.3) is 0 Å². The second kappa shape index (κ2) is 5.32. The van der Waals surface area contributed by atoms with Gasteiger partial charge in [-0.1, -0.05) is 0 Å². The number of aliphatic hydroxyl groups excluding tert-OH is 1. The summed E-state index contributed by atoms with van der Waals surface area (Å²) in [6.07, 6.45) is 0.247. The van der Waals surface area contributed by atoms with Crippen molar-refractivity contribution in [3.63, 3.8) is 0 Å². The van der Waals surface area contributed by atoms with Gasteiger partial charge in [0.15, 0.2) is 0 Å². The Morgan fingerprint density at radius 3 is 2.62 bits per heavy atom. The molecule has 0 spiro atoms. The number of nitrogens with two attached hydrogens (primary N) is 1. The number of hydrogen-bond donors (Lipinski definition) is 2. The summed E-state index contributed by atoms with van der Waals surface area (Å²) >= 11 is 0. The van der Waals surface area contributed by atoms with Crippen LogP contribution in [0.5, 0.6) is 5.88 Å². The number of methoxy groups -OCH3 is 1. The van der Waals surface area contributed by atoms with Gasteiger partial charge in [0.2, 0.25) is 5.88 Å². The van der Waals surface area contributed by atoms with E-state index in [9.17, 15) is 5.11 Å². The summed E-state index contributed by atoms with van der Waals surface area (Å²) in [5.41, 5.74) is 7.67. The molecule has 5 nitrogen and oxygen atoms in total. The molecule has 0 fully saturated rings. The van der Waals surface area contributed by atoms with E-state index < -0.39 is 0 Å². The average molecular weight is 227 g/mol. The Bertz CT molecular complexity index is 347. The maximum absolute atomic E-state index is 9.45. The first-order valence-electron chi connectivity index (χ1n) is 5.46. The minimum absolute atomic E-state index is 0.0867.